The van der Waals surface area contributed by atoms with Crippen LogP contribution in [0.2, 0.25) is 0 Å². The Kier molecular flexibility index (Phi) is 5.73. The average Bonchev–Trinajstić information content (AvgIpc) is 2.65. The third-order valence-electron chi connectivity index (χ3n) is 4.93. The maximum Gasteiger partial charge on any atom is 0.238 e. The van der Waals surface area contributed by atoms with Crippen molar-refractivity contribution in [2.24, 2.45) is 0 Å². The number of amides is 1. The van der Waals surface area contributed by atoms with Gasteiger partial charge in [0, 0.05) is 38.1 Å². The van der Waals surface area contributed by atoms with E-state index in [1.165, 1.54) is 16.8 Å². The summed E-state index contributed by atoms with van der Waals surface area (Å²) in [6, 6.07) is 8.18. The molecule has 0 unspecified atom stereocenters. The maximum absolute atomic E-state index is 12.4. The Hall–Kier alpha value is -2.60. The van der Waals surface area contributed by atoms with Crippen LogP contribution in [0, 0.1) is 13.8 Å². The molecule has 0 saturated carbocycles. The lowest BCUT2D eigenvalue weighted by molar-refractivity contribution is -0.117. The third kappa shape index (κ3) is 4.14. The molecule has 1 amide bonds. The van der Waals surface area contributed by atoms with Gasteiger partial charge in [-0.25, -0.2) is 0 Å². The highest BCUT2D eigenvalue weighted by Crippen LogP contribution is 2.24. The molecule has 3 rings (SSSR count). The highest BCUT2D eigenvalue weighted by Gasteiger charge is 2.20. The van der Waals surface area contributed by atoms with E-state index in [-0.39, 0.29) is 5.91 Å². The summed E-state index contributed by atoms with van der Waals surface area (Å²) < 4.78 is 5.22. The molecule has 2 heterocycles. The number of ether oxygens (including phenoxy) is 1. The minimum atomic E-state index is -0.0327. The monoisotopic (exact) mass is 354 g/mol. The van der Waals surface area contributed by atoms with Crippen LogP contribution in [0.3, 0.4) is 0 Å². The molecule has 1 aliphatic heterocycles. The predicted molar refractivity (Wildman–Crippen MR) is 104 cm³/mol. The van der Waals surface area contributed by atoms with Crippen molar-refractivity contribution >= 4 is 17.3 Å². The molecule has 6 nitrogen and oxygen atoms in total. The van der Waals surface area contributed by atoms with E-state index in [1.54, 1.807) is 25.6 Å². The molecule has 6 heteroatoms. The van der Waals surface area contributed by atoms with Crippen LogP contribution < -0.4 is 15.0 Å². The second-order valence-corrected chi connectivity index (χ2v) is 6.61. The quantitative estimate of drug-likeness (QED) is 0.894. The molecule has 2 aromatic rings. The fourth-order valence-corrected chi connectivity index (χ4v) is 3.26. The smallest absolute Gasteiger partial charge is 0.238 e. The molecule has 0 radical (unpaired) electrons. The number of hydrogen-bond donors (Lipinski definition) is 1. The number of benzene rings is 1. The first-order valence-electron chi connectivity index (χ1n) is 8.90. The van der Waals surface area contributed by atoms with E-state index in [9.17, 15) is 4.79 Å². The van der Waals surface area contributed by atoms with Crippen molar-refractivity contribution in [1.82, 2.24) is 9.88 Å². The van der Waals surface area contributed by atoms with E-state index in [1.807, 2.05) is 0 Å². The number of methoxy groups -OCH3 is 1. The van der Waals surface area contributed by atoms with Gasteiger partial charge in [-0.1, -0.05) is 12.1 Å². The fraction of sp³-hybridized carbons (Fsp3) is 0.400. The van der Waals surface area contributed by atoms with Gasteiger partial charge in [-0.05, 0) is 37.1 Å². The van der Waals surface area contributed by atoms with Gasteiger partial charge in [0.2, 0.25) is 5.91 Å². The van der Waals surface area contributed by atoms with E-state index >= 15 is 0 Å². The molecule has 26 heavy (non-hydrogen) atoms. The van der Waals surface area contributed by atoms with E-state index in [0.29, 0.717) is 18.0 Å². The first-order valence-corrected chi connectivity index (χ1v) is 8.90. The number of nitrogens with zero attached hydrogens (tertiary/aromatic N) is 3. The van der Waals surface area contributed by atoms with Crippen LogP contribution in [0.1, 0.15) is 11.1 Å². The Labute approximate surface area is 154 Å². The molecular formula is C20H26N4O2. The zero-order chi connectivity index (χ0) is 18.5. The van der Waals surface area contributed by atoms with Gasteiger partial charge >= 0.3 is 0 Å². The number of carbonyl (C=O) groups excluding carboxylic acids is 1. The van der Waals surface area contributed by atoms with Crippen molar-refractivity contribution in [3.63, 3.8) is 0 Å². The lowest BCUT2D eigenvalue weighted by atomic mass is 10.1. The van der Waals surface area contributed by atoms with Crippen LogP contribution in [0.5, 0.6) is 5.75 Å². The third-order valence-corrected chi connectivity index (χ3v) is 4.93. The van der Waals surface area contributed by atoms with Crippen molar-refractivity contribution in [2.75, 3.05) is 50.1 Å². The van der Waals surface area contributed by atoms with E-state index in [2.05, 4.69) is 52.1 Å². The highest BCUT2D eigenvalue weighted by atomic mass is 16.5. The van der Waals surface area contributed by atoms with Crippen LogP contribution in [0.15, 0.2) is 36.7 Å². The number of piperazine rings is 1. The number of rotatable bonds is 5. The van der Waals surface area contributed by atoms with Gasteiger partial charge in [0.05, 0.1) is 25.5 Å². The van der Waals surface area contributed by atoms with Crippen molar-refractivity contribution < 1.29 is 9.53 Å². The Balaban J connectivity index is 1.54. The summed E-state index contributed by atoms with van der Waals surface area (Å²) in [4.78, 5) is 20.9. The van der Waals surface area contributed by atoms with E-state index < -0.39 is 0 Å². The molecule has 138 valence electrons. The van der Waals surface area contributed by atoms with Crippen molar-refractivity contribution in [3.8, 4) is 5.75 Å². The Bertz CT molecular complexity index is 770. The van der Waals surface area contributed by atoms with Gasteiger partial charge in [0.1, 0.15) is 0 Å². The summed E-state index contributed by atoms with van der Waals surface area (Å²) in [5.41, 5.74) is 4.61. The van der Waals surface area contributed by atoms with Gasteiger partial charge in [-0.15, -0.1) is 0 Å². The van der Waals surface area contributed by atoms with Gasteiger partial charge in [0.25, 0.3) is 0 Å². The largest absolute Gasteiger partial charge is 0.493 e. The van der Waals surface area contributed by atoms with Crippen LogP contribution in [-0.4, -0.2) is 55.6 Å². The second-order valence-electron chi connectivity index (χ2n) is 6.61. The topological polar surface area (TPSA) is 57.7 Å². The predicted octanol–water partition coefficient (Wildman–Crippen LogP) is 2.47. The molecule has 1 aromatic heterocycles. The normalized spacial score (nSPS) is 15.0. The molecule has 1 fully saturated rings. The summed E-state index contributed by atoms with van der Waals surface area (Å²) in [5.74, 6) is 0.537. The SMILES string of the molecule is COc1cnccc1NC(=O)CN1CCN(c2cccc(C)c2C)CC1. The minimum absolute atomic E-state index is 0.0327. The van der Waals surface area contributed by atoms with Crippen LogP contribution in [-0.2, 0) is 4.79 Å². The fourth-order valence-electron chi connectivity index (χ4n) is 3.26. The molecule has 0 atom stereocenters. The second kappa shape index (κ2) is 8.19. The van der Waals surface area contributed by atoms with Crippen LogP contribution in [0.25, 0.3) is 0 Å². The lowest BCUT2D eigenvalue weighted by Crippen LogP contribution is -2.48. The summed E-state index contributed by atoms with van der Waals surface area (Å²) >= 11 is 0. The van der Waals surface area contributed by atoms with Crippen LogP contribution >= 0.6 is 0 Å². The molecule has 0 bridgehead atoms. The number of nitrogens with one attached hydrogen (secondary N) is 1. The number of aryl methyl sites for hydroxylation is 1. The first-order chi connectivity index (χ1) is 12.6. The van der Waals surface area contributed by atoms with Gasteiger partial charge in [-0.3, -0.25) is 14.7 Å². The molecule has 1 N–H and O–H groups in total. The zero-order valence-electron chi connectivity index (χ0n) is 15.7. The number of aromatic nitrogens is 1. The van der Waals surface area contributed by atoms with Gasteiger partial charge in [0.15, 0.2) is 5.75 Å². The Morgan fingerprint density at radius 1 is 1.19 bits per heavy atom. The Morgan fingerprint density at radius 3 is 2.69 bits per heavy atom. The summed E-state index contributed by atoms with van der Waals surface area (Å²) in [5, 5.41) is 2.91. The molecule has 0 spiro atoms. The molecule has 0 aliphatic carbocycles. The Morgan fingerprint density at radius 2 is 1.96 bits per heavy atom. The van der Waals surface area contributed by atoms with Crippen molar-refractivity contribution in [2.45, 2.75) is 13.8 Å². The van der Waals surface area contributed by atoms with E-state index in [0.717, 1.165) is 26.2 Å². The summed E-state index contributed by atoms with van der Waals surface area (Å²) in [6.07, 6.45) is 3.24. The number of hydrogen-bond acceptors (Lipinski definition) is 5. The zero-order valence-corrected chi connectivity index (χ0v) is 15.7. The molecule has 1 saturated heterocycles. The first kappa shape index (κ1) is 18.2. The molecule has 1 aliphatic rings. The highest BCUT2D eigenvalue weighted by molar-refractivity contribution is 5.93. The molecule has 1 aromatic carbocycles. The van der Waals surface area contributed by atoms with Gasteiger partial charge in [-0.2, -0.15) is 0 Å². The van der Waals surface area contributed by atoms with Crippen molar-refractivity contribution in [1.29, 1.82) is 0 Å². The number of anilines is 2. The summed E-state index contributed by atoms with van der Waals surface area (Å²) in [6.45, 7) is 8.29. The molecular weight excluding hydrogens is 328 g/mol. The number of pyridine rings is 1. The van der Waals surface area contributed by atoms with Crippen LogP contribution in [0.4, 0.5) is 11.4 Å². The van der Waals surface area contributed by atoms with Gasteiger partial charge < -0.3 is 15.0 Å². The lowest BCUT2D eigenvalue weighted by Gasteiger charge is -2.36. The maximum atomic E-state index is 12.4. The van der Waals surface area contributed by atoms with Crippen molar-refractivity contribution in [3.05, 3.63) is 47.8 Å². The summed E-state index contributed by atoms with van der Waals surface area (Å²) in [7, 11) is 1.57. The van der Waals surface area contributed by atoms with E-state index in [4.69, 9.17) is 4.74 Å². The standard InChI is InChI=1S/C20H26N4O2/c1-15-5-4-6-18(16(15)2)24-11-9-23(10-12-24)14-20(25)22-17-7-8-21-13-19(17)26-3/h4-8,13H,9-12,14H2,1-3H3,(H,21,22,25). The average molecular weight is 354 g/mol. The minimum Gasteiger partial charge on any atom is -0.493 e. The number of carbonyl (C=O) groups is 1.